The van der Waals surface area contributed by atoms with Gasteiger partial charge in [0.25, 0.3) is 5.91 Å². The molecule has 1 saturated heterocycles. The highest BCUT2D eigenvalue weighted by Gasteiger charge is 2.28. The van der Waals surface area contributed by atoms with Crippen LogP contribution >= 0.6 is 0 Å². The predicted molar refractivity (Wildman–Crippen MR) is 104 cm³/mol. The number of likely N-dealkylation sites (tertiary alicyclic amines) is 1. The molecule has 1 aliphatic rings. The molecule has 3 heterocycles. The molecule has 1 aromatic carbocycles. The van der Waals surface area contributed by atoms with Crippen molar-refractivity contribution in [1.29, 1.82) is 0 Å². The number of hydrogen-bond donors (Lipinski definition) is 0. The zero-order valence-corrected chi connectivity index (χ0v) is 15.7. The smallest absolute Gasteiger partial charge is 0.253 e. The summed E-state index contributed by atoms with van der Waals surface area (Å²) in [6, 6.07) is 9.62. The topological polar surface area (TPSA) is 59.0 Å². The maximum atomic E-state index is 13.2. The molecule has 0 bridgehead atoms. The van der Waals surface area contributed by atoms with Gasteiger partial charge in [-0.3, -0.25) is 9.78 Å². The molecular weight excluding hydrogens is 355 g/mol. The largest absolute Gasteiger partial charge is 0.338 e. The second-order valence-corrected chi connectivity index (χ2v) is 7.05. The maximum Gasteiger partial charge on any atom is 0.253 e. The van der Waals surface area contributed by atoms with Gasteiger partial charge in [0.15, 0.2) is 0 Å². The average Bonchev–Trinajstić information content (AvgIpc) is 2.74. The van der Waals surface area contributed by atoms with Gasteiger partial charge >= 0.3 is 0 Å². The summed E-state index contributed by atoms with van der Waals surface area (Å²) in [5, 5.41) is 0. The predicted octanol–water partition coefficient (Wildman–Crippen LogP) is 4.01. The van der Waals surface area contributed by atoms with Gasteiger partial charge in [-0.15, -0.1) is 0 Å². The van der Waals surface area contributed by atoms with Crippen LogP contribution in [0.15, 0.2) is 55.0 Å². The van der Waals surface area contributed by atoms with Crippen molar-refractivity contribution in [2.75, 3.05) is 13.1 Å². The number of rotatable bonds is 3. The monoisotopic (exact) mass is 376 g/mol. The summed E-state index contributed by atoms with van der Waals surface area (Å²) in [6.45, 7) is 3.16. The molecule has 1 atom stereocenters. The van der Waals surface area contributed by atoms with Crippen molar-refractivity contribution in [3.8, 4) is 11.1 Å². The first-order chi connectivity index (χ1) is 13.6. The Morgan fingerprint density at radius 2 is 1.89 bits per heavy atom. The van der Waals surface area contributed by atoms with Crippen molar-refractivity contribution in [2.24, 2.45) is 0 Å². The van der Waals surface area contributed by atoms with Crippen LogP contribution in [0, 0.1) is 12.7 Å². The standard InChI is InChI=1S/C22H21FN4O/c1-15-25-13-20(16-8-10-24-11-9-16)21(26-15)18-3-2-12-27(14-18)22(28)17-4-6-19(23)7-5-17/h4-11,13,18H,2-3,12,14H2,1H3/t18-/m1/s1. The van der Waals surface area contributed by atoms with E-state index in [0.717, 1.165) is 35.5 Å². The number of amides is 1. The van der Waals surface area contributed by atoms with E-state index in [0.29, 0.717) is 18.7 Å². The number of carbonyl (C=O) groups is 1. The van der Waals surface area contributed by atoms with E-state index in [-0.39, 0.29) is 17.6 Å². The number of aromatic nitrogens is 3. The number of carbonyl (C=O) groups excluding carboxylic acids is 1. The van der Waals surface area contributed by atoms with Crippen molar-refractivity contribution in [3.05, 3.63) is 77.9 Å². The lowest BCUT2D eigenvalue weighted by molar-refractivity contribution is 0.0706. The molecule has 0 radical (unpaired) electrons. The summed E-state index contributed by atoms with van der Waals surface area (Å²) in [5.41, 5.74) is 3.48. The van der Waals surface area contributed by atoms with Crippen molar-refractivity contribution < 1.29 is 9.18 Å². The Balaban J connectivity index is 1.62. The van der Waals surface area contributed by atoms with Gasteiger partial charge in [-0.1, -0.05) is 0 Å². The van der Waals surface area contributed by atoms with Gasteiger partial charge in [0, 0.05) is 48.7 Å². The molecule has 4 rings (SSSR count). The Morgan fingerprint density at radius 3 is 2.64 bits per heavy atom. The van der Waals surface area contributed by atoms with E-state index in [4.69, 9.17) is 4.98 Å². The second-order valence-electron chi connectivity index (χ2n) is 7.05. The number of hydrogen-bond acceptors (Lipinski definition) is 4. The molecule has 5 nitrogen and oxygen atoms in total. The fourth-order valence-electron chi connectivity index (χ4n) is 3.71. The summed E-state index contributed by atoms with van der Waals surface area (Å²) in [4.78, 5) is 27.9. The minimum atomic E-state index is -0.341. The Morgan fingerprint density at radius 1 is 1.14 bits per heavy atom. The van der Waals surface area contributed by atoms with Gasteiger partial charge in [0.05, 0.1) is 5.69 Å². The third kappa shape index (κ3) is 3.76. The normalized spacial score (nSPS) is 16.8. The minimum absolute atomic E-state index is 0.0686. The van der Waals surface area contributed by atoms with Gasteiger partial charge < -0.3 is 4.90 Å². The first-order valence-electron chi connectivity index (χ1n) is 9.40. The quantitative estimate of drug-likeness (QED) is 0.693. The molecular formula is C22H21FN4O. The van der Waals surface area contributed by atoms with E-state index >= 15 is 0 Å². The van der Waals surface area contributed by atoms with Crippen LogP contribution in [-0.2, 0) is 0 Å². The van der Waals surface area contributed by atoms with Gasteiger partial charge in [0.2, 0.25) is 0 Å². The lowest BCUT2D eigenvalue weighted by atomic mass is 9.89. The van der Waals surface area contributed by atoms with Crippen molar-refractivity contribution in [3.63, 3.8) is 0 Å². The molecule has 6 heteroatoms. The highest BCUT2D eigenvalue weighted by molar-refractivity contribution is 5.94. The Labute approximate surface area is 163 Å². The van der Waals surface area contributed by atoms with Crippen molar-refractivity contribution in [2.45, 2.75) is 25.7 Å². The van der Waals surface area contributed by atoms with E-state index in [1.54, 1.807) is 24.5 Å². The second kappa shape index (κ2) is 7.84. The molecule has 0 aliphatic carbocycles. The van der Waals surface area contributed by atoms with Crippen LogP contribution in [-0.4, -0.2) is 38.8 Å². The van der Waals surface area contributed by atoms with Crippen LogP contribution < -0.4 is 0 Å². The summed E-state index contributed by atoms with van der Waals surface area (Å²) in [6.07, 6.45) is 7.22. The van der Waals surface area contributed by atoms with E-state index < -0.39 is 0 Å². The molecule has 142 valence electrons. The van der Waals surface area contributed by atoms with Crippen LogP contribution in [0.5, 0.6) is 0 Å². The number of aryl methyl sites for hydroxylation is 1. The molecule has 0 N–H and O–H groups in total. The van der Waals surface area contributed by atoms with E-state index in [1.165, 1.54) is 12.1 Å². The zero-order chi connectivity index (χ0) is 19.5. The molecule has 1 fully saturated rings. The van der Waals surface area contributed by atoms with E-state index in [2.05, 4.69) is 9.97 Å². The van der Waals surface area contributed by atoms with Crippen LogP contribution in [0.1, 0.15) is 40.6 Å². The fraction of sp³-hybridized carbons (Fsp3) is 0.273. The van der Waals surface area contributed by atoms with Gasteiger partial charge in [-0.2, -0.15) is 0 Å². The average molecular weight is 376 g/mol. The molecule has 0 spiro atoms. The molecule has 3 aromatic rings. The minimum Gasteiger partial charge on any atom is -0.338 e. The number of benzene rings is 1. The zero-order valence-electron chi connectivity index (χ0n) is 15.7. The van der Waals surface area contributed by atoms with Gasteiger partial charge in [0.1, 0.15) is 11.6 Å². The molecule has 1 amide bonds. The Kier molecular flexibility index (Phi) is 5.10. The van der Waals surface area contributed by atoms with Crippen LogP contribution in [0.2, 0.25) is 0 Å². The molecule has 1 aliphatic heterocycles. The molecule has 0 unspecified atom stereocenters. The third-order valence-electron chi connectivity index (χ3n) is 5.12. The van der Waals surface area contributed by atoms with Crippen molar-refractivity contribution in [1.82, 2.24) is 19.9 Å². The highest BCUT2D eigenvalue weighted by atomic mass is 19.1. The summed E-state index contributed by atoms with van der Waals surface area (Å²) in [7, 11) is 0. The summed E-state index contributed by atoms with van der Waals surface area (Å²) < 4.78 is 13.2. The first kappa shape index (κ1) is 18.2. The van der Waals surface area contributed by atoms with Crippen LogP contribution in [0.25, 0.3) is 11.1 Å². The molecule has 0 saturated carbocycles. The van der Waals surface area contributed by atoms with Gasteiger partial charge in [-0.25, -0.2) is 14.4 Å². The number of halogens is 1. The lowest BCUT2D eigenvalue weighted by Crippen LogP contribution is -2.39. The van der Waals surface area contributed by atoms with E-state index in [1.807, 2.05) is 30.2 Å². The first-order valence-corrected chi connectivity index (χ1v) is 9.40. The molecule has 2 aromatic heterocycles. The highest BCUT2D eigenvalue weighted by Crippen LogP contribution is 2.33. The van der Waals surface area contributed by atoms with Crippen LogP contribution in [0.3, 0.4) is 0 Å². The number of nitrogens with zero attached hydrogens (tertiary/aromatic N) is 4. The maximum absolute atomic E-state index is 13.2. The summed E-state index contributed by atoms with van der Waals surface area (Å²) >= 11 is 0. The van der Waals surface area contributed by atoms with Crippen LogP contribution in [0.4, 0.5) is 4.39 Å². The Hall–Kier alpha value is -3.15. The van der Waals surface area contributed by atoms with Gasteiger partial charge in [-0.05, 0) is 61.7 Å². The lowest BCUT2D eigenvalue weighted by Gasteiger charge is -2.33. The fourth-order valence-corrected chi connectivity index (χ4v) is 3.71. The van der Waals surface area contributed by atoms with E-state index in [9.17, 15) is 9.18 Å². The SMILES string of the molecule is Cc1ncc(-c2ccncc2)c([C@@H]2CCCN(C(=O)c3ccc(F)cc3)C2)n1. The number of pyridine rings is 1. The number of piperidine rings is 1. The molecule has 28 heavy (non-hydrogen) atoms. The Bertz CT molecular complexity index is 976. The van der Waals surface area contributed by atoms with Crippen molar-refractivity contribution >= 4 is 5.91 Å². The third-order valence-corrected chi connectivity index (χ3v) is 5.12. The summed E-state index contributed by atoms with van der Waals surface area (Å²) in [5.74, 6) is 0.435.